The summed E-state index contributed by atoms with van der Waals surface area (Å²) >= 11 is 0. The maximum absolute atomic E-state index is 12.5. The number of carbonyl (C=O) groups is 2. The van der Waals surface area contributed by atoms with E-state index in [0.29, 0.717) is 18.4 Å². The molecule has 29 heavy (non-hydrogen) atoms. The zero-order valence-electron chi connectivity index (χ0n) is 17.8. The molecule has 0 spiro atoms. The second-order valence-corrected chi connectivity index (χ2v) is 8.18. The highest BCUT2D eigenvalue weighted by Crippen LogP contribution is 2.38. The smallest absolute Gasteiger partial charge is 0.338 e. The van der Waals surface area contributed by atoms with Crippen LogP contribution in [0.1, 0.15) is 69.2 Å². The van der Waals surface area contributed by atoms with Gasteiger partial charge in [-0.15, -0.1) is 0 Å². The molecule has 0 unspecified atom stereocenters. The summed E-state index contributed by atoms with van der Waals surface area (Å²) in [5.41, 5.74) is -0.403. The van der Waals surface area contributed by atoms with Crippen LogP contribution in [0.3, 0.4) is 0 Å². The van der Waals surface area contributed by atoms with E-state index in [2.05, 4.69) is 6.92 Å². The molecule has 1 saturated carbocycles. The number of benzene rings is 1. The fourth-order valence-electron chi connectivity index (χ4n) is 3.94. The fraction of sp³-hybridized carbons (Fsp3) is 0.583. The van der Waals surface area contributed by atoms with Crippen molar-refractivity contribution in [2.45, 2.75) is 70.5 Å². The van der Waals surface area contributed by atoms with Crippen molar-refractivity contribution < 1.29 is 24.2 Å². The van der Waals surface area contributed by atoms with Crippen LogP contribution in [0.25, 0.3) is 0 Å². The van der Waals surface area contributed by atoms with E-state index >= 15 is 0 Å². The Morgan fingerprint density at radius 1 is 1.21 bits per heavy atom. The van der Waals surface area contributed by atoms with E-state index < -0.39 is 5.60 Å². The first kappa shape index (κ1) is 23.1. The third-order valence-corrected chi connectivity index (χ3v) is 5.68. The lowest BCUT2D eigenvalue weighted by atomic mass is 9.88. The van der Waals surface area contributed by atoms with Gasteiger partial charge in [0, 0.05) is 12.3 Å². The summed E-state index contributed by atoms with van der Waals surface area (Å²) in [5.74, 6) is -0.723. The van der Waals surface area contributed by atoms with Crippen molar-refractivity contribution in [3.63, 3.8) is 0 Å². The molecule has 1 aliphatic carbocycles. The summed E-state index contributed by atoms with van der Waals surface area (Å²) in [5, 5.41) is 10.7. The van der Waals surface area contributed by atoms with Gasteiger partial charge in [-0.3, -0.25) is 4.79 Å². The van der Waals surface area contributed by atoms with E-state index in [4.69, 9.17) is 9.47 Å². The summed E-state index contributed by atoms with van der Waals surface area (Å²) in [6.07, 6.45) is 8.99. The van der Waals surface area contributed by atoms with Crippen LogP contribution in [0.2, 0.25) is 0 Å². The Balaban J connectivity index is 2.11. The summed E-state index contributed by atoms with van der Waals surface area (Å²) in [4.78, 5) is 24.4. The number of methoxy groups -OCH3 is 1. The van der Waals surface area contributed by atoms with E-state index in [9.17, 15) is 14.7 Å². The second-order valence-electron chi connectivity index (χ2n) is 8.18. The van der Waals surface area contributed by atoms with E-state index in [1.165, 1.54) is 7.11 Å². The third kappa shape index (κ3) is 7.32. The van der Waals surface area contributed by atoms with Gasteiger partial charge >= 0.3 is 11.9 Å². The van der Waals surface area contributed by atoms with Crippen LogP contribution in [0.4, 0.5) is 0 Å². The number of carbonyl (C=O) groups excluding carboxylic acids is 2. The normalized spacial score (nSPS) is 23.7. The first-order valence-corrected chi connectivity index (χ1v) is 10.6. The van der Waals surface area contributed by atoms with Gasteiger partial charge in [0.15, 0.2) is 0 Å². The van der Waals surface area contributed by atoms with Gasteiger partial charge in [0.1, 0.15) is 6.10 Å². The summed E-state index contributed by atoms with van der Waals surface area (Å²) in [7, 11) is 1.38. The molecule has 1 aliphatic rings. The lowest BCUT2D eigenvalue weighted by Crippen LogP contribution is -2.27. The van der Waals surface area contributed by atoms with Crippen molar-refractivity contribution in [1.29, 1.82) is 0 Å². The number of hydrogen-bond donors (Lipinski definition) is 1. The second kappa shape index (κ2) is 11.1. The van der Waals surface area contributed by atoms with Crippen LogP contribution < -0.4 is 0 Å². The molecule has 1 fully saturated rings. The molecular formula is C24H34O5. The lowest BCUT2D eigenvalue weighted by molar-refractivity contribution is -0.141. The minimum absolute atomic E-state index is 0.0266. The Bertz CT molecular complexity index is 680. The predicted molar refractivity (Wildman–Crippen MR) is 112 cm³/mol. The van der Waals surface area contributed by atoms with Crippen LogP contribution in [-0.2, 0) is 14.3 Å². The molecule has 0 radical (unpaired) electrons. The Labute approximate surface area is 174 Å². The van der Waals surface area contributed by atoms with E-state index in [-0.39, 0.29) is 36.3 Å². The van der Waals surface area contributed by atoms with Gasteiger partial charge in [0.05, 0.1) is 18.3 Å². The van der Waals surface area contributed by atoms with Crippen LogP contribution in [0.15, 0.2) is 42.5 Å². The highest BCUT2D eigenvalue weighted by molar-refractivity contribution is 5.89. The monoisotopic (exact) mass is 402 g/mol. The van der Waals surface area contributed by atoms with E-state index in [0.717, 1.165) is 25.7 Å². The Morgan fingerprint density at radius 3 is 2.59 bits per heavy atom. The molecule has 0 bridgehead atoms. The van der Waals surface area contributed by atoms with Gasteiger partial charge in [-0.05, 0) is 44.2 Å². The zero-order valence-corrected chi connectivity index (χ0v) is 17.8. The van der Waals surface area contributed by atoms with Crippen LogP contribution in [0, 0.1) is 11.8 Å². The molecule has 2 rings (SSSR count). The van der Waals surface area contributed by atoms with Gasteiger partial charge in [0.2, 0.25) is 0 Å². The number of aliphatic hydroxyl groups is 1. The lowest BCUT2D eigenvalue weighted by Gasteiger charge is -2.24. The Hall–Kier alpha value is -2.14. The molecule has 0 heterocycles. The first-order chi connectivity index (χ1) is 13.9. The maximum atomic E-state index is 12.5. The highest BCUT2D eigenvalue weighted by Gasteiger charge is 2.38. The average Bonchev–Trinajstić information content (AvgIpc) is 3.08. The van der Waals surface area contributed by atoms with Crippen molar-refractivity contribution in [2.75, 3.05) is 7.11 Å². The predicted octanol–water partition coefficient (Wildman–Crippen LogP) is 4.69. The van der Waals surface area contributed by atoms with Crippen molar-refractivity contribution >= 4 is 11.9 Å². The van der Waals surface area contributed by atoms with E-state index in [1.807, 2.05) is 18.2 Å². The average molecular weight is 403 g/mol. The number of ether oxygens (including phenoxy) is 2. The summed E-state index contributed by atoms with van der Waals surface area (Å²) in [6, 6.07) is 8.91. The molecule has 0 saturated heterocycles. The molecule has 160 valence electrons. The summed E-state index contributed by atoms with van der Waals surface area (Å²) < 4.78 is 10.6. The molecule has 4 atom stereocenters. The van der Waals surface area contributed by atoms with Crippen molar-refractivity contribution in [3.05, 3.63) is 48.0 Å². The number of unbranched alkanes of at least 4 members (excludes halogenated alkanes) is 2. The van der Waals surface area contributed by atoms with Crippen molar-refractivity contribution in [1.82, 2.24) is 0 Å². The molecule has 0 aromatic heterocycles. The molecule has 1 N–H and O–H groups in total. The Morgan fingerprint density at radius 2 is 1.93 bits per heavy atom. The number of esters is 2. The third-order valence-electron chi connectivity index (χ3n) is 5.68. The SMILES string of the molecule is CCCCC[C@](C)(O)/C=C/[C@@H]1[C@@H](CC(=O)OC)CC[C@H]1OC(=O)c1ccccc1. The van der Waals surface area contributed by atoms with Gasteiger partial charge in [-0.2, -0.15) is 0 Å². The molecule has 1 aromatic rings. The zero-order chi connectivity index (χ0) is 21.3. The topological polar surface area (TPSA) is 72.8 Å². The van der Waals surface area contributed by atoms with Gasteiger partial charge in [0.25, 0.3) is 0 Å². The first-order valence-electron chi connectivity index (χ1n) is 10.6. The van der Waals surface area contributed by atoms with Gasteiger partial charge < -0.3 is 14.6 Å². The Kier molecular flexibility index (Phi) is 8.90. The van der Waals surface area contributed by atoms with Gasteiger partial charge in [-0.1, -0.05) is 56.5 Å². The quantitative estimate of drug-likeness (QED) is 0.349. The van der Waals surface area contributed by atoms with Crippen LogP contribution in [-0.4, -0.2) is 35.9 Å². The molecule has 5 nitrogen and oxygen atoms in total. The largest absolute Gasteiger partial charge is 0.469 e. The molecule has 1 aromatic carbocycles. The molecule has 0 aliphatic heterocycles. The highest BCUT2D eigenvalue weighted by atomic mass is 16.5. The molecule has 0 amide bonds. The van der Waals surface area contributed by atoms with Gasteiger partial charge in [-0.25, -0.2) is 4.79 Å². The summed E-state index contributed by atoms with van der Waals surface area (Å²) in [6.45, 7) is 3.93. The maximum Gasteiger partial charge on any atom is 0.338 e. The van der Waals surface area contributed by atoms with Crippen molar-refractivity contribution in [2.24, 2.45) is 11.8 Å². The van der Waals surface area contributed by atoms with Crippen LogP contribution >= 0.6 is 0 Å². The fourth-order valence-corrected chi connectivity index (χ4v) is 3.94. The van der Waals surface area contributed by atoms with Crippen molar-refractivity contribution in [3.8, 4) is 0 Å². The minimum Gasteiger partial charge on any atom is -0.469 e. The molecule has 5 heteroatoms. The standard InChI is InChI=1S/C24H34O5/c1-4-5-9-15-24(2,27)16-14-20-19(17-22(25)28-3)12-13-21(20)29-23(26)18-10-7-6-8-11-18/h6-8,10-11,14,16,19-21,27H,4-5,9,12-13,15,17H2,1-3H3/b16-14+/t19-,20-,21-,24+/m1/s1. The molecular weight excluding hydrogens is 368 g/mol. The van der Waals surface area contributed by atoms with E-state index in [1.54, 1.807) is 31.2 Å². The van der Waals surface area contributed by atoms with Crippen LogP contribution in [0.5, 0.6) is 0 Å². The minimum atomic E-state index is -0.915. The number of hydrogen-bond acceptors (Lipinski definition) is 5. The number of rotatable bonds is 10.